The second kappa shape index (κ2) is 5.37. The predicted molar refractivity (Wildman–Crippen MR) is 86.5 cm³/mol. The van der Waals surface area contributed by atoms with E-state index in [1.807, 2.05) is 61.5 Å². The lowest BCUT2D eigenvalue weighted by molar-refractivity contribution is 0.593. The molecule has 0 bridgehead atoms. The van der Waals surface area contributed by atoms with E-state index < -0.39 is 10.0 Å². The Kier molecular flexibility index (Phi) is 3.55. The van der Waals surface area contributed by atoms with Crippen LogP contribution in [0.25, 0.3) is 6.08 Å². The molecule has 21 heavy (non-hydrogen) atoms. The lowest BCUT2D eigenvalue weighted by Gasteiger charge is -2.22. The lowest BCUT2D eigenvalue weighted by Crippen LogP contribution is -2.34. The molecule has 108 valence electrons. The summed E-state index contributed by atoms with van der Waals surface area (Å²) in [6, 6.07) is 17.1. The van der Waals surface area contributed by atoms with Crippen LogP contribution in [0.2, 0.25) is 0 Å². The number of nitrogens with zero attached hydrogens (tertiary/aromatic N) is 1. The van der Waals surface area contributed by atoms with Crippen molar-refractivity contribution in [1.82, 2.24) is 0 Å². The van der Waals surface area contributed by atoms with E-state index in [9.17, 15) is 8.42 Å². The van der Waals surface area contributed by atoms with Gasteiger partial charge in [0.15, 0.2) is 0 Å². The van der Waals surface area contributed by atoms with Crippen LogP contribution in [0.5, 0.6) is 0 Å². The molecule has 1 aliphatic heterocycles. The zero-order chi connectivity index (χ0) is 14.9. The predicted octanol–water partition coefficient (Wildman–Crippen LogP) is 3.44. The van der Waals surface area contributed by atoms with Crippen LogP contribution in [-0.4, -0.2) is 14.5 Å². The molecule has 2 aromatic rings. The van der Waals surface area contributed by atoms with Gasteiger partial charge in [0, 0.05) is 6.04 Å². The van der Waals surface area contributed by atoms with Crippen molar-refractivity contribution in [2.45, 2.75) is 19.4 Å². The molecule has 4 heteroatoms. The molecule has 0 unspecified atom stereocenters. The first-order chi connectivity index (χ1) is 10.1. The fraction of sp³-hybridized carbons (Fsp3) is 0.176. The van der Waals surface area contributed by atoms with Crippen molar-refractivity contribution in [3.8, 4) is 0 Å². The maximum Gasteiger partial charge on any atom is 0.257 e. The summed E-state index contributed by atoms with van der Waals surface area (Å²) in [5.74, 6) is 0. The Morgan fingerprint density at radius 3 is 2.48 bits per heavy atom. The van der Waals surface area contributed by atoms with Gasteiger partial charge in [0.25, 0.3) is 10.0 Å². The van der Waals surface area contributed by atoms with E-state index in [2.05, 4.69) is 0 Å². The standard InChI is InChI=1S/C17H17NO2S/c1-14-13-16-9-5-6-10-17(16)18(14)21(19,20)12-11-15-7-3-2-4-8-15/h2-12,14H,13H2,1H3/b12-11+/t14-/m0/s1. The summed E-state index contributed by atoms with van der Waals surface area (Å²) in [5.41, 5.74) is 2.76. The highest BCUT2D eigenvalue weighted by molar-refractivity contribution is 7.95. The third-order valence-corrected chi connectivity index (χ3v) is 5.24. The van der Waals surface area contributed by atoms with Gasteiger partial charge in [-0.1, -0.05) is 48.5 Å². The number of anilines is 1. The fourth-order valence-electron chi connectivity index (χ4n) is 2.72. The molecule has 1 atom stereocenters. The average molecular weight is 299 g/mol. The molecule has 0 radical (unpaired) electrons. The van der Waals surface area contributed by atoms with Crippen LogP contribution >= 0.6 is 0 Å². The van der Waals surface area contributed by atoms with Crippen molar-refractivity contribution in [3.05, 3.63) is 71.1 Å². The van der Waals surface area contributed by atoms with Crippen LogP contribution in [0.4, 0.5) is 5.69 Å². The highest BCUT2D eigenvalue weighted by Crippen LogP contribution is 2.34. The highest BCUT2D eigenvalue weighted by Gasteiger charge is 2.33. The Balaban J connectivity index is 1.94. The van der Waals surface area contributed by atoms with E-state index in [-0.39, 0.29) is 6.04 Å². The first-order valence-corrected chi connectivity index (χ1v) is 8.44. The van der Waals surface area contributed by atoms with E-state index >= 15 is 0 Å². The van der Waals surface area contributed by atoms with Gasteiger partial charge in [-0.05, 0) is 36.6 Å². The van der Waals surface area contributed by atoms with E-state index in [0.717, 1.165) is 23.2 Å². The largest absolute Gasteiger partial charge is 0.263 e. The molecule has 3 rings (SSSR count). The van der Waals surface area contributed by atoms with Crippen molar-refractivity contribution in [2.75, 3.05) is 4.31 Å². The van der Waals surface area contributed by atoms with E-state index in [1.165, 1.54) is 9.71 Å². The minimum absolute atomic E-state index is 0.0483. The molecule has 0 saturated heterocycles. The quantitative estimate of drug-likeness (QED) is 0.870. The van der Waals surface area contributed by atoms with Gasteiger partial charge in [-0.2, -0.15) is 0 Å². The van der Waals surface area contributed by atoms with Crippen molar-refractivity contribution < 1.29 is 8.42 Å². The SMILES string of the molecule is C[C@H]1Cc2ccccc2N1S(=O)(=O)/C=C/c1ccccc1. The molecule has 0 saturated carbocycles. The normalized spacial score (nSPS) is 18.1. The molecule has 2 aromatic carbocycles. The molecule has 0 spiro atoms. The molecule has 0 N–H and O–H groups in total. The molecule has 1 heterocycles. The number of rotatable bonds is 3. The van der Waals surface area contributed by atoms with Crippen LogP contribution < -0.4 is 4.31 Å². The summed E-state index contributed by atoms with van der Waals surface area (Å²) in [6.45, 7) is 1.94. The Bertz CT molecular complexity index is 766. The average Bonchev–Trinajstić information content (AvgIpc) is 2.83. The zero-order valence-corrected chi connectivity index (χ0v) is 12.6. The molecule has 1 aliphatic rings. The zero-order valence-electron chi connectivity index (χ0n) is 11.8. The first-order valence-electron chi connectivity index (χ1n) is 6.93. The van der Waals surface area contributed by atoms with Crippen LogP contribution in [0.3, 0.4) is 0 Å². The monoisotopic (exact) mass is 299 g/mol. The van der Waals surface area contributed by atoms with Crippen LogP contribution in [-0.2, 0) is 16.4 Å². The van der Waals surface area contributed by atoms with E-state index in [0.29, 0.717) is 0 Å². The molecule has 0 amide bonds. The fourth-order valence-corrected chi connectivity index (χ4v) is 4.21. The number of benzene rings is 2. The van der Waals surface area contributed by atoms with Gasteiger partial charge in [0.2, 0.25) is 0 Å². The van der Waals surface area contributed by atoms with E-state index in [1.54, 1.807) is 6.08 Å². The molecule has 0 fully saturated rings. The van der Waals surface area contributed by atoms with Crippen molar-refractivity contribution in [2.24, 2.45) is 0 Å². The van der Waals surface area contributed by atoms with Crippen molar-refractivity contribution >= 4 is 21.8 Å². The van der Waals surface area contributed by atoms with Crippen LogP contribution in [0, 0.1) is 0 Å². The maximum absolute atomic E-state index is 12.6. The molecule has 0 aromatic heterocycles. The number of para-hydroxylation sites is 1. The molecule has 0 aliphatic carbocycles. The minimum atomic E-state index is -3.47. The van der Waals surface area contributed by atoms with Gasteiger partial charge in [-0.3, -0.25) is 4.31 Å². The molecular formula is C17H17NO2S. The number of fused-ring (bicyclic) bond motifs is 1. The summed E-state index contributed by atoms with van der Waals surface area (Å²) < 4.78 is 26.8. The topological polar surface area (TPSA) is 37.4 Å². The van der Waals surface area contributed by atoms with Gasteiger partial charge in [0.05, 0.1) is 11.1 Å². The smallest absolute Gasteiger partial charge is 0.257 e. The van der Waals surface area contributed by atoms with Gasteiger partial charge in [0.1, 0.15) is 0 Å². The second-order valence-corrected chi connectivity index (χ2v) is 6.93. The van der Waals surface area contributed by atoms with Gasteiger partial charge >= 0.3 is 0 Å². The minimum Gasteiger partial charge on any atom is -0.263 e. The summed E-state index contributed by atoms with van der Waals surface area (Å²) in [6.07, 6.45) is 2.40. The first kappa shape index (κ1) is 13.9. The van der Waals surface area contributed by atoms with Crippen molar-refractivity contribution in [3.63, 3.8) is 0 Å². The summed E-state index contributed by atoms with van der Waals surface area (Å²) >= 11 is 0. The molecular weight excluding hydrogens is 282 g/mol. The van der Waals surface area contributed by atoms with E-state index in [4.69, 9.17) is 0 Å². The van der Waals surface area contributed by atoms with Gasteiger partial charge in [-0.25, -0.2) is 8.42 Å². The third-order valence-electron chi connectivity index (χ3n) is 3.65. The lowest BCUT2D eigenvalue weighted by atomic mass is 10.1. The Hall–Kier alpha value is -2.07. The number of sulfonamides is 1. The highest BCUT2D eigenvalue weighted by atomic mass is 32.2. The Labute approximate surface area is 125 Å². The van der Waals surface area contributed by atoms with Gasteiger partial charge < -0.3 is 0 Å². The summed E-state index contributed by atoms with van der Waals surface area (Å²) in [5, 5.41) is 1.29. The summed E-state index contributed by atoms with van der Waals surface area (Å²) in [4.78, 5) is 0. The van der Waals surface area contributed by atoms with Crippen molar-refractivity contribution in [1.29, 1.82) is 0 Å². The molecule has 3 nitrogen and oxygen atoms in total. The number of hydrogen-bond acceptors (Lipinski definition) is 2. The number of hydrogen-bond donors (Lipinski definition) is 0. The van der Waals surface area contributed by atoms with Crippen LogP contribution in [0.1, 0.15) is 18.1 Å². The Morgan fingerprint density at radius 2 is 1.71 bits per heavy atom. The summed E-state index contributed by atoms with van der Waals surface area (Å²) in [7, 11) is -3.47. The van der Waals surface area contributed by atoms with Gasteiger partial charge in [-0.15, -0.1) is 0 Å². The maximum atomic E-state index is 12.6. The second-order valence-electron chi connectivity index (χ2n) is 5.24. The third kappa shape index (κ3) is 2.72. The Morgan fingerprint density at radius 1 is 1.05 bits per heavy atom. The van der Waals surface area contributed by atoms with Crippen LogP contribution in [0.15, 0.2) is 60.0 Å².